The highest BCUT2D eigenvalue weighted by atomic mass is 16.6. The van der Waals surface area contributed by atoms with Crippen LogP contribution in [0.1, 0.15) is 46.3 Å². The first-order valence-electron chi connectivity index (χ1n) is 6.80. The van der Waals surface area contributed by atoms with Crippen LogP contribution in [-0.4, -0.2) is 23.3 Å². The number of hydrogen-bond acceptors (Lipinski definition) is 3. The van der Waals surface area contributed by atoms with Crippen molar-refractivity contribution in [2.24, 2.45) is 5.41 Å². The third-order valence-electron chi connectivity index (χ3n) is 2.92. The molecule has 0 aliphatic carbocycles. The van der Waals surface area contributed by atoms with Crippen molar-refractivity contribution < 1.29 is 14.6 Å². The number of aliphatic hydroxyl groups excluding tert-OH is 1. The minimum atomic E-state index is -0.559. The molecule has 0 aliphatic rings. The largest absolute Gasteiger partial charge is 0.441 e. The topological polar surface area (TPSA) is 58.6 Å². The van der Waals surface area contributed by atoms with Crippen LogP contribution in [0, 0.1) is 5.41 Å². The van der Waals surface area contributed by atoms with E-state index in [9.17, 15) is 9.90 Å². The highest BCUT2D eigenvalue weighted by Crippen LogP contribution is 2.36. The Hall–Kier alpha value is -1.55. The SMILES string of the molecule is CC(C)(C)NC(=O)OC(c1ccccc1)C(C)(C)CO. The Kier molecular flexibility index (Phi) is 5.17. The number of hydrogen-bond donors (Lipinski definition) is 2. The third-order valence-corrected chi connectivity index (χ3v) is 2.92. The van der Waals surface area contributed by atoms with Gasteiger partial charge in [-0.15, -0.1) is 0 Å². The number of ether oxygens (including phenoxy) is 1. The van der Waals surface area contributed by atoms with Crippen LogP contribution in [0.25, 0.3) is 0 Å². The van der Waals surface area contributed by atoms with Crippen molar-refractivity contribution in [2.45, 2.75) is 46.3 Å². The Morgan fingerprint density at radius 1 is 1.20 bits per heavy atom. The van der Waals surface area contributed by atoms with E-state index in [1.165, 1.54) is 0 Å². The standard InChI is InChI=1S/C16H25NO3/c1-15(2,3)17-14(19)20-13(16(4,5)11-18)12-9-7-6-8-10-12/h6-10,13,18H,11H2,1-5H3,(H,17,19). The summed E-state index contributed by atoms with van der Waals surface area (Å²) in [5, 5.41) is 12.3. The quantitative estimate of drug-likeness (QED) is 0.889. The number of alkyl carbamates (subject to hydrolysis) is 1. The van der Waals surface area contributed by atoms with Crippen molar-refractivity contribution in [3.63, 3.8) is 0 Å². The molecule has 1 unspecified atom stereocenters. The molecule has 1 aromatic rings. The molecule has 20 heavy (non-hydrogen) atoms. The van der Waals surface area contributed by atoms with Gasteiger partial charge < -0.3 is 15.2 Å². The van der Waals surface area contributed by atoms with E-state index in [4.69, 9.17) is 4.74 Å². The van der Waals surface area contributed by atoms with Gasteiger partial charge in [-0.3, -0.25) is 0 Å². The molecule has 1 rings (SSSR count). The van der Waals surface area contributed by atoms with E-state index >= 15 is 0 Å². The molecule has 4 nitrogen and oxygen atoms in total. The Labute approximate surface area is 121 Å². The molecule has 0 saturated carbocycles. The van der Waals surface area contributed by atoms with E-state index in [1.807, 2.05) is 65.0 Å². The van der Waals surface area contributed by atoms with Crippen LogP contribution in [-0.2, 0) is 4.74 Å². The number of rotatable bonds is 4. The average Bonchev–Trinajstić information content (AvgIpc) is 2.35. The van der Waals surface area contributed by atoms with Gasteiger partial charge in [-0.2, -0.15) is 0 Å². The number of carbonyl (C=O) groups excluding carboxylic acids is 1. The fraction of sp³-hybridized carbons (Fsp3) is 0.562. The van der Waals surface area contributed by atoms with Gasteiger partial charge in [0.05, 0.1) is 6.61 Å². The van der Waals surface area contributed by atoms with E-state index in [0.717, 1.165) is 5.56 Å². The van der Waals surface area contributed by atoms with Crippen LogP contribution in [0.15, 0.2) is 30.3 Å². The Morgan fingerprint density at radius 2 is 1.75 bits per heavy atom. The van der Waals surface area contributed by atoms with Gasteiger partial charge in [0, 0.05) is 11.0 Å². The summed E-state index contributed by atoms with van der Waals surface area (Å²) in [4.78, 5) is 12.0. The van der Waals surface area contributed by atoms with Gasteiger partial charge in [-0.25, -0.2) is 4.79 Å². The zero-order valence-electron chi connectivity index (χ0n) is 12.9. The summed E-state index contributed by atoms with van der Waals surface area (Å²) in [6.45, 7) is 9.34. The lowest BCUT2D eigenvalue weighted by atomic mass is 9.83. The second-order valence-electron chi connectivity index (χ2n) is 6.72. The molecule has 0 fully saturated rings. The summed E-state index contributed by atoms with van der Waals surface area (Å²) in [6.07, 6.45) is -0.982. The number of aliphatic hydroxyl groups is 1. The van der Waals surface area contributed by atoms with Crippen molar-refractivity contribution in [2.75, 3.05) is 6.61 Å². The fourth-order valence-electron chi connectivity index (χ4n) is 1.83. The predicted octanol–water partition coefficient (Wildman–Crippen LogP) is 3.27. The van der Waals surface area contributed by atoms with Crippen LogP contribution in [0.2, 0.25) is 0 Å². The molecule has 0 aliphatic heterocycles. The molecule has 112 valence electrons. The first-order chi connectivity index (χ1) is 9.15. The maximum Gasteiger partial charge on any atom is 0.408 e. The summed E-state index contributed by atoms with van der Waals surface area (Å²) < 4.78 is 5.56. The van der Waals surface area contributed by atoms with Crippen molar-refractivity contribution in [1.29, 1.82) is 0 Å². The summed E-state index contributed by atoms with van der Waals surface area (Å²) in [5.41, 5.74) is -0.0475. The van der Waals surface area contributed by atoms with Crippen LogP contribution in [0.3, 0.4) is 0 Å². The number of carbonyl (C=O) groups is 1. The highest BCUT2D eigenvalue weighted by Gasteiger charge is 2.34. The van der Waals surface area contributed by atoms with Gasteiger partial charge >= 0.3 is 6.09 Å². The first-order valence-corrected chi connectivity index (χ1v) is 6.80. The van der Waals surface area contributed by atoms with Crippen LogP contribution < -0.4 is 5.32 Å². The second-order valence-corrected chi connectivity index (χ2v) is 6.72. The minimum absolute atomic E-state index is 0.0740. The summed E-state index contributed by atoms with van der Waals surface area (Å²) >= 11 is 0. The van der Waals surface area contributed by atoms with Crippen LogP contribution in [0.4, 0.5) is 4.79 Å². The fourth-order valence-corrected chi connectivity index (χ4v) is 1.83. The van der Waals surface area contributed by atoms with E-state index in [1.54, 1.807) is 0 Å². The van der Waals surface area contributed by atoms with Gasteiger partial charge in [-0.05, 0) is 26.3 Å². The first kappa shape index (κ1) is 16.5. The van der Waals surface area contributed by atoms with Gasteiger partial charge in [0.15, 0.2) is 0 Å². The molecule has 0 heterocycles. The lowest BCUT2D eigenvalue weighted by molar-refractivity contribution is -0.0115. The molecule has 0 radical (unpaired) electrons. The Bertz CT molecular complexity index is 435. The van der Waals surface area contributed by atoms with E-state index in [2.05, 4.69) is 5.32 Å². The number of amides is 1. The van der Waals surface area contributed by atoms with E-state index in [-0.39, 0.29) is 12.1 Å². The lowest BCUT2D eigenvalue weighted by Crippen LogP contribution is -2.43. The average molecular weight is 279 g/mol. The summed E-state index contributed by atoms with van der Waals surface area (Å²) in [7, 11) is 0. The van der Waals surface area contributed by atoms with Crippen LogP contribution in [0.5, 0.6) is 0 Å². The van der Waals surface area contributed by atoms with Gasteiger partial charge in [0.2, 0.25) is 0 Å². The summed E-state index contributed by atoms with van der Waals surface area (Å²) in [5.74, 6) is 0. The zero-order valence-corrected chi connectivity index (χ0v) is 12.9. The molecule has 4 heteroatoms. The predicted molar refractivity (Wildman–Crippen MR) is 79.4 cm³/mol. The number of benzene rings is 1. The second kappa shape index (κ2) is 6.27. The molecule has 0 spiro atoms. The van der Waals surface area contributed by atoms with Gasteiger partial charge in [0.25, 0.3) is 0 Å². The smallest absolute Gasteiger partial charge is 0.408 e. The van der Waals surface area contributed by atoms with Crippen LogP contribution >= 0.6 is 0 Å². The zero-order chi connectivity index (χ0) is 15.4. The third kappa shape index (κ3) is 4.85. The van der Waals surface area contributed by atoms with Gasteiger partial charge in [0.1, 0.15) is 6.10 Å². The van der Waals surface area contributed by atoms with Gasteiger partial charge in [-0.1, -0.05) is 44.2 Å². The molecular formula is C16H25NO3. The molecule has 2 N–H and O–H groups in total. The molecule has 0 aromatic heterocycles. The summed E-state index contributed by atoms with van der Waals surface area (Å²) in [6, 6.07) is 9.47. The molecular weight excluding hydrogens is 254 g/mol. The maximum atomic E-state index is 12.0. The monoisotopic (exact) mass is 279 g/mol. The Morgan fingerprint density at radius 3 is 2.20 bits per heavy atom. The molecule has 1 amide bonds. The molecule has 1 atom stereocenters. The molecule has 0 saturated heterocycles. The van der Waals surface area contributed by atoms with Crippen molar-refractivity contribution in [1.82, 2.24) is 5.32 Å². The number of nitrogens with one attached hydrogen (secondary N) is 1. The Balaban J connectivity index is 2.93. The van der Waals surface area contributed by atoms with E-state index in [0.29, 0.717) is 0 Å². The van der Waals surface area contributed by atoms with E-state index < -0.39 is 17.6 Å². The normalized spacial score (nSPS) is 13.7. The van der Waals surface area contributed by atoms with Crippen molar-refractivity contribution in [3.05, 3.63) is 35.9 Å². The highest BCUT2D eigenvalue weighted by molar-refractivity contribution is 5.68. The maximum absolute atomic E-state index is 12.0. The lowest BCUT2D eigenvalue weighted by Gasteiger charge is -2.33. The van der Waals surface area contributed by atoms with Crippen molar-refractivity contribution in [3.8, 4) is 0 Å². The minimum Gasteiger partial charge on any atom is -0.441 e. The molecule has 1 aromatic carbocycles. The molecule has 0 bridgehead atoms. The van der Waals surface area contributed by atoms with Crippen molar-refractivity contribution >= 4 is 6.09 Å².